The smallest absolute Gasteiger partial charge is 0.214 e. The fourth-order valence-corrected chi connectivity index (χ4v) is 6.45. The van der Waals surface area contributed by atoms with Crippen LogP contribution < -0.4 is 9.46 Å². The summed E-state index contributed by atoms with van der Waals surface area (Å²) < 4.78 is 32.9. The third-order valence-electron chi connectivity index (χ3n) is 5.91. The van der Waals surface area contributed by atoms with Crippen molar-refractivity contribution in [3.05, 3.63) is 59.3 Å². The number of nitrogens with one attached hydrogen (secondary N) is 1. The van der Waals surface area contributed by atoms with Gasteiger partial charge in [0.15, 0.2) is 0 Å². The number of ether oxygens (including phenoxy) is 1. The van der Waals surface area contributed by atoms with Gasteiger partial charge in [0.1, 0.15) is 16.8 Å². The van der Waals surface area contributed by atoms with Gasteiger partial charge in [0, 0.05) is 18.3 Å². The maximum atomic E-state index is 12.2. The molecule has 0 aliphatic heterocycles. The second-order valence-electron chi connectivity index (χ2n) is 9.10. The van der Waals surface area contributed by atoms with Crippen molar-refractivity contribution in [3.63, 3.8) is 0 Å². The largest absolute Gasteiger partial charge is 0.490 e. The van der Waals surface area contributed by atoms with Crippen molar-refractivity contribution in [2.45, 2.75) is 64.2 Å². The van der Waals surface area contributed by atoms with Gasteiger partial charge in [-0.3, -0.25) is 0 Å². The van der Waals surface area contributed by atoms with Crippen molar-refractivity contribution in [1.82, 2.24) is 9.71 Å². The van der Waals surface area contributed by atoms with Gasteiger partial charge in [-0.05, 0) is 74.4 Å². The van der Waals surface area contributed by atoms with Crippen molar-refractivity contribution < 1.29 is 13.2 Å². The lowest BCUT2D eigenvalue weighted by molar-refractivity contribution is 0.242. The summed E-state index contributed by atoms with van der Waals surface area (Å²) in [4.78, 5) is 5.72. The summed E-state index contributed by atoms with van der Waals surface area (Å²) in [6.45, 7) is 6.44. The highest BCUT2D eigenvalue weighted by Gasteiger charge is 2.35. The zero-order valence-corrected chi connectivity index (χ0v) is 22.0. The van der Waals surface area contributed by atoms with E-state index in [1.807, 2.05) is 44.3 Å². The van der Waals surface area contributed by atoms with Gasteiger partial charge in [-0.15, -0.1) is 11.3 Å². The number of rotatable bonds is 11. The quantitative estimate of drug-likeness (QED) is 0.357. The van der Waals surface area contributed by atoms with Crippen molar-refractivity contribution in [1.29, 1.82) is 5.26 Å². The summed E-state index contributed by atoms with van der Waals surface area (Å²) in [6, 6.07) is 14.1. The first-order valence-corrected chi connectivity index (χ1v) is 14.4. The molecule has 2 aromatic carbocycles. The van der Waals surface area contributed by atoms with E-state index in [2.05, 4.69) is 34.8 Å². The first-order valence-electron chi connectivity index (χ1n) is 12.1. The van der Waals surface area contributed by atoms with E-state index in [9.17, 15) is 13.7 Å². The molecular weight excluding hydrogens is 478 g/mol. The third-order valence-corrected chi connectivity index (χ3v) is 8.95. The zero-order valence-electron chi connectivity index (χ0n) is 20.4. The van der Waals surface area contributed by atoms with Gasteiger partial charge >= 0.3 is 0 Å². The van der Waals surface area contributed by atoms with Gasteiger partial charge in [0.05, 0.1) is 21.8 Å². The van der Waals surface area contributed by atoms with Crippen LogP contribution in [0.15, 0.2) is 42.6 Å². The number of benzene rings is 2. The number of sulfonamides is 1. The molecule has 1 aliphatic carbocycles. The lowest BCUT2D eigenvalue weighted by atomic mass is 9.94. The first-order chi connectivity index (χ1) is 16.8. The topological polar surface area (TPSA) is 92.1 Å². The number of hydrogen-bond donors (Lipinski definition) is 1. The minimum atomic E-state index is -3.18. The summed E-state index contributed by atoms with van der Waals surface area (Å²) in [5.74, 6) is 0.582. The molecule has 0 radical (unpaired) electrons. The Kier molecular flexibility index (Phi) is 7.90. The summed E-state index contributed by atoms with van der Waals surface area (Å²) in [7, 11) is -3.18. The van der Waals surface area contributed by atoms with Crippen molar-refractivity contribution in [3.8, 4) is 32.8 Å². The Hall–Kier alpha value is -2.73. The molecule has 6 nitrogen and oxygen atoms in total. The van der Waals surface area contributed by atoms with E-state index >= 15 is 0 Å². The fourth-order valence-electron chi connectivity index (χ4n) is 4.11. The van der Waals surface area contributed by atoms with E-state index in [4.69, 9.17) is 4.74 Å². The van der Waals surface area contributed by atoms with Crippen LogP contribution in [0.5, 0.6) is 5.75 Å². The SMILES string of the molecule is CCCc1c(CCNS(=O)(=O)C2CC2)cccc1-c1cnc(-c2ccc(OC(C)C)c(C#N)c2)s1. The molecular formula is C27H31N3O3S2. The Morgan fingerprint density at radius 1 is 1.23 bits per heavy atom. The number of hydrogen-bond acceptors (Lipinski definition) is 6. The highest BCUT2D eigenvalue weighted by Crippen LogP contribution is 2.37. The van der Waals surface area contributed by atoms with Gasteiger partial charge in [0.25, 0.3) is 0 Å². The van der Waals surface area contributed by atoms with E-state index in [1.165, 1.54) is 11.1 Å². The van der Waals surface area contributed by atoms with Gasteiger partial charge in [0.2, 0.25) is 10.0 Å². The van der Waals surface area contributed by atoms with Crippen LogP contribution in [0.4, 0.5) is 0 Å². The van der Waals surface area contributed by atoms with Crippen LogP contribution in [0.25, 0.3) is 21.0 Å². The molecule has 1 N–H and O–H groups in total. The van der Waals surface area contributed by atoms with Crippen LogP contribution in [0.2, 0.25) is 0 Å². The van der Waals surface area contributed by atoms with Crippen LogP contribution in [0.3, 0.4) is 0 Å². The minimum absolute atomic E-state index is 0.00677. The lowest BCUT2D eigenvalue weighted by Crippen LogP contribution is -2.29. The number of aromatic nitrogens is 1. The highest BCUT2D eigenvalue weighted by molar-refractivity contribution is 7.90. The predicted molar refractivity (Wildman–Crippen MR) is 141 cm³/mol. The number of nitriles is 1. The molecule has 0 saturated heterocycles. The van der Waals surface area contributed by atoms with E-state index in [-0.39, 0.29) is 11.4 Å². The van der Waals surface area contributed by atoms with E-state index < -0.39 is 10.0 Å². The Bertz CT molecular complexity index is 1340. The van der Waals surface area contributed by atoms with Crippen LogP contribution in [0, 0.1) is 11.3 Å². The van der Waals surface area contributed by atoms with Crippen LogP contribution in [-0.4, -0.2) is 31.3 Å². The molecule has 0 bridgehead atoms. The molecule has 1 saturated carbocycles. The Morgan fingerprint density at radius 3 is 2.71 bits per heavy atom. The minimum Gasteiger partial charge on any atom is -0.490 e. The zero-order chi connectivity index (χ0) is 25.0. The standard InChI is InChI=1S/C27H31N3O3S2/c1-4-6-23-19(13-14-30-35(31,32)22-10-11-22)7-5-8-24(23)26-17-29-27(34-26)20-9-12-25(33-18(2)3)21(15-20)16-28/h5,7-9,12,15,17-18,22,30H,4,6,10-11,13-14H2,1-3H3. The summed E-state index contributed by atoms with van der Waals surface area (Å²) >= 11 is 1.59. The van der Waals surface area contributed by atoms with Crippen LogP contribution >= 0.6 is 11.3 Å². The molecule has 0 atom stereocenters. The van der Waals surface area contributed by atoms with E-state index in [0.29, 0.717) is 24.3 Å². The molecule has 8 heteroatoms. The van der Waals surface area contributed by atoms with Gasteiger partial charge < -0.3 is 4.74 Å². The fraction of sp³-hybridized carbons (Fsp3) is 0.407. The highest BCUT2D eigenvalue weighted by atomic mass is 32.2. The number of thiazole rings is 1. The van der Waals surface area contributed by atoms with Gasteiger partial charge in [-0.25, -0.2) is 18.1 Å². The first kappa shape index (κ1) is 25.4. The second-order valence-corrected chi connectivity index (χ2v) is 12.2. The molecule has 0 unspecified atom stereocenters. The Labute approximate surface area is 212 Å². The maximum Gasteiger partial charge on any atom is 0.214 e. The summed E-state index contributed by atoms with van der Waals surface area (Å²) in [6.07, 6.45) is 5.97. The predicted octanol–water partition coefficient (Wildman–Crippen LogP) is 5.71. The number of nitrogens with zero attached hydrogens (tertiary/aromatic N) is 2. The van der Waals surface area contributed by atoms with Crippen molar-refractivity contribution in [2.75, 3.05) is 6.54 Å². The third kappa shape index (κ3) is 6.10. The molecule has 1 aromatic heterocycles. The molecule has 1 heterocycles. The summed E-state index contributed by atoms with van der Waals surface area (Å²) in [5, 5.41) is 10.2. The second kappa shape index (κ2) is 10.9. The Balaban J connectivity index is 1.58. The molecule has 0 spiro atoms. The van der Waals surface area contributed by atoms with Gasteiger partial charge in [-0.2, -0.15) is 5.26 Å². The normalized spacial score (nSPS) is 13.7. The molecule has 1 fully saturated rings. The van der Waals surface area contributed by atoms with Crippen LogP contribution in [-0.2, 0) is 22.9 Å². The molecule has 4 rings (SSSR count). The van der Waals surface area contributed by atoms with Crippen molar-refractivity contribution in [2.24, 2.45) is 0 Å². The molecule has 0 amide bonds. The molecule has 35 heavy (non-hydrogen) atoms. The monoisotopic (exact) mass is 509 g/mol. The maximum absolute atomic E-state index is 12.2. The lowest BCUT2D eigenvalue weighted by Gasteiger charge is -2.14. The Morgan fingerprint density at radius 2 is 2.03 bits per heavy atom. The average molecular weight is 510 g/mol. The molecule has 3 aromatic rings. The van der Waals surface area contributed by atoms with Crippen molar-refractivity contribution >= 4 is 21.4 Å². The molecule has 1 aliphatic rings. The van der Waals surface area contributed by atoms with Gasteiger partial charge in [-0.1, -0.05) is 31.5 Å². The van der Waals surface area contributed by atoms with E-state index in [0.717, 1.165) is 46.7 Å². The van der Waals surface area contributed by atoms with E-state index in [1.54, 1.807) is 11.3 Å². The molecule has 184 valence electrons. The summed E-state index contributed by atoms with van der Waals surface area (Å²) in [5.41, 5.74) is 4.93. The van der Waals surface area contributed by atoms with Crippen LogP contribution in [0.1, 0.15) is 56.7 Å². The average Bonchev–Trinajstić information content (AvgIpc) is 3.59.